The summed E-state index contributed by atoms with van der Waals surface area (Å²) in [4.78, 5) is 23.7. The zero-order valence-corrected chi connectivity index (χ0v) is 15.2. The van der Waals surface area contributed by atoms with Crippen LogP contribution < -0.4 is 20.9 Å². The van der Waals surface area contributed by atoms with Gasteiger partial charge < -0.3 is 10.5 Å². The Balaban J connectivity index is 1.65. The minimum atomic E-state index is -0.548. The Labute approximate surface area is 163 Å². The lowest BCUT2D eigenvalue weighted by Gasteiger charge is -2.25. The normalized spacial score (nSPS) is 10.1. The van der Waals surface area contributed by atoms with Gasteiger partial charge in [-0.3, -0.25) is 20.0 Å². The molecular weight excluding hydrogens is 354 g/mol. The fourth-order valence-corrected chi connectivity index (χ4v) is 2.64. The Hall–Kier alpha value is -3.80. The molecule has 3 N–H and O–H groups in total. The second-order valence-corrected chi connectivity index (χ2v) is 6.12. The molecule has 0 aromatic heterocycles. The number of nitrogens with two attached hydrogens (primary N) is 1. The lowest BCUT2D eigenvalue weighted by molar-refractivity contribution is -0.123. The molecule has 142 valence electrons. The van der Waals surface area contributed by atoms with E-state index in [0.717, 1.165) is 11.3 Å². The van der Waals surface area contributed by atoms with Gasteiger partial charge in [0.15, 0.2) is 6.61 Å². The summed E-state index contributed by atoms with van der Waals surface area (Å²) in [5.74, 6) is -0.460. The summed E-state index contributed by atoms with van der Waals surface area (Å²) in [6.45, 7) is 0.314. The summed E-state index contributed by atoms with van der Waals surface area (Å²) in [7, 11) is 0. The predicted octanol–water partition coefficient (Wildman–Crippen LogP) is 2.90. The van der Waals surface area contributed by atoms with Gasteiger partial charge in [-0.25, -0.2) is 0 Å². The third kappa shape index (κ3) is 5.35. The first-order valence-corrected chi connectivity index (χ1v) is 8.80. The SMILES string of the molecule is NC(=O)c1cccc(OCC(=O)NN(Cc2ccccc2)c2ccccc2)c1. The first kappa shape index (κ1) is 19.0. The van der Waals surface area contributed by atoms with Crippen molar-refractivity contribution in [1.82, 2.24) is 5.43 Å². The first-order valence-electron chi connectivity index (χ1n) is 8.80. The van der Waals surface area contributed by atoms with Crippen LogP contribution in [0.4, 0.5) is 5.69 Å². The van der Waals surface area contributed by atoms with Crippen molar-refractivity contribution in [2.24, 2.45) is 5.73 Å². The van der Waals surface area contributed by atoms with Crippen LogP contribution in [0.25, 0.3) is 0 Å². The molecule has 0 spiro atoms. The predicted molar refractivity (Wildman–Crippen MR) is 108 cm³/mol. The van der Waals surface area contributed by atoms with Gasteiger partial charge >= 0.3 is 0 Å². The molecule has 0 heterocycles. The van der Waals surface area contributed by atoms with Crippen molar-refractivity contribution in [3.8, 4) is 5.75 Å². The van der Waals surface area contributed by atoms with E-state index in [1.165, 1.54) is 6.07 Å². The van der Waals surface area contributed by atoms with E-state index in [9.17, 15) is 9.59 Å². The van der Waals surface area contributed by atoms with Gasteiger partial charge in [-0.05, 0) is 35.9 Å². The standard InChI is InChI=1S/C22H21N3O3/c23-22(27)18-10-7-13-20(14-18)28-16-21(26)24-25(19-11-5-2-6-12-19)15-17-8-3-1-4-9-17/h1-14H,15-16H2,(H2,23,27)(H,24,26). The Kier molecular flexibility index (Phi) is 6.25. The second kappa shape index (κ2) is 9.23. The topological polar surface area (TPSA) is 84.7 Å². The van der Waals surface area contributed by atoms with E-state index in [1.54, 1.807) is 23.2 Å². The molecule has 0 bridgehead atoms. The largest absolute Gasteiger partial charge is 0.484 e. The number of hydrogen-bond donors (Lipinski definition) is 2. The summed E-state index contributed by atoms with van der Waals surface area (Å²) in [6, 6.07) is 25.8. The van der Waals surface area contributed by atoms with Gasteiger partial charge in [0.1, 0.15) is 5.75 Å². The lowest BCUT2D eigenvalue weighted by Crippen LogP contribution is -2.44. The number of hydrazine groups is 1. The number of hydrogen-bond acceptors (Lipinski definition) is 4. The third-order valence-corrected chi connectivity index (χ3v) is 4.00. The molecule has 2 amide bonds. The molecule has 0 fully saturated rings. The maximum absolute atomic E-state index is 12.4. The molecule has 6 nitrogen and oxygen atoms in total. The molecule has 28 heavy (non-hydrogen) atoms. The van der Waals surface area contributed by atoms with Crippen molar-refractivity contribution < 1.29 is 14.3 Å². The molecular formula is C22H21N3O3. The maximum atomic E-state index is 12.4. The molecule has 3 aromatic carbocycles. The minimum Gasteiger partial charge on any atom is -0.484 e. The lowest BCUT2D eigenvalue weighted by atomic mass is 10.2. The number of nitrogens with zero attached hydrogens (tertiary/aromatic N) is 1. The Bertz CT molecular complexity index is 930. The number of amides is 2. The Morgan fingerprint density at radius 1 is 0.893 bits per heavy atom. The monoisotopic (exact) mass is 375 g/mol. The molecule has 0 aliphatic carbocycles. The number of benzene rings is 3. The van der Waals surface area contributed by atoms with Gasteiger partial charge in [-0.2, -0.15) is 0 Å². The summed E-state index contributed by atoms with van der Waals surface area (Å²) in [5, 5.41) is 1.76. The quantitative estimate of drug-likeness (QED) is 0.593. The molecule has 0 aliphatic heterocycles. The third-order valence-electron chi connectivity index (χ3n) is 4.00. The fourth-order valence-electron chi connectivity index (χ4n) is 2.64. The molecule has 0 radical (unpaired) electrons. The number of para-hydroxylation sites is 1. The van der Waals surface area contributed by atoms with Crippen LogP contribution in [0.2, 0.25) is 0 Å². The molecule has 0 saturated carbocycles. The van der Waals surface area contributed by atoms with Crippen LogP contribution in [0.15, 0.2) is 84.9 Å². The van der Waals surface area contributed by atoms with Crippen LogP contribution in [-0.2, 0) is 11.3 Å². The molecule has 0 atom stereocenters. The van der Waals surface area contributed by atoms with Gasteiger partial charge in [0, 0.05) is 5.56 Å². The van der Waals surface area contributed by atoms with E-state index < -0.39 is 5.91 Å². The Morgan fingerprint density at radius 2 is 1.57 bits per heavy atom. The van der Waals surface area contributed by atoms with Crippen LogP contribution in [0.5, 0.6) is 5.75 Å². The summed E-state index contributed by atoms with van der Waals surface area (Å²) >= 11 is 0. The molecule has 0 aliphatic rings. The molecule has 0 unspecified atom stereocenters. The highest BCUT2D eigenvalue weighted by atomic mass is 16.5. The van der Waals surface area contributed by atoms with Crippen LogP contribution in [-0.4, -0.2) is 18.4 Å². The smallest absolute Gasteiger partial charge is 0.276 e. The van der Waals surface area contributed by atoms with Crippen molar-refractivity contribution in [3.05, 3.63) is 96.1 Å². The van der Waals surface area contributed by atoms with E-state index in [4.69, 9.17) is 10.5 Å². The van der Waals surface area contributed by atoms with Crippen molar-refractivity contribution in [2.45, 2.75) is 6.54 Å². The van der Waals surface area contributed by atoms with E-state index in [2.05, 4.69) is 5.43 Å². The molecule has 6 heteroatoms. The molecule has 3 rings (SSSR count). The highest BCUT2D eigenvalue weighted by molar-refractivity contribution is 5.93. The van der Waals surface area contributed by atoms with Gasteiger partial charge in [0.25, 0.3) is 5.91 Å². The number of carbonyl (C=O) groups excluding carboxylic acids is 2. The second-order valence-electron chi connectivity index (χ2n) is 6.12. The highest BCUT2D eigenvalue weighted by Gasteiger charge is 2.12. The van der Waals surface area contributed by atoms with Crippen molar-refractivity contribution >= 4 is 17.5 Å². The number of carbonyl (C=O) groups is 2. The van der Waals surface area contributed by atoms with E-state index >= 15 is 0 Å². The van der Waals surface area contributed by atoms with E-state index in [-0.39, 0.29) is 12.5 Å². The average Bonchev–Trinajstić information content (AvgIpc) is 2.73. The number of anilines is 1. The highest BCUT2D eigenvalue weighted by Crippen LogP contribution is 2.15. The molecule has 3 aromatic rings. The van der Waals surface area contributed by atoms with Crippen LogP contribution in [0, 0.1) is 0 Å². The average molecular weight is 375 g/mol. The number of primary amides is 1. The van der Waals surface area contributed by atoms with Gasteiger partial charge in [0.05, 0.1) is 12.2 Å². The van der Waals surface area contributed by atoms with Crippen LogP contribution >= 0.6 is 0 Å². The zero-order chi connectivity index (χ0) is 19.8. The zero-order valence-electron chi connectivity index (χ0n) is 15.2. The van der Waals surface area contributed by atoms with Crippen molar-refractivity contribution in [3.63, 3.8) is 0 Å². The summed E-state index contributed by atoms with van der Waals surface area (Å²) < 4.78 is 5.50. The van der Waals surface area contributed by atoms with Gasteiger partial charge in [0.2, 0.25) is 5.91 Å². The van der Waals surface area contributed by atoms with E-state index in [0.29, 0.717) is 17.9 Å². The van der Waals surface area contributed by atoms with E-state index in [1.807, 2.05) is 60.7 Å². The molecule has 0 saturated heterocycles. The number of nitrogens with one attached hydrogen (secondary N) is 1. The minimum absolute atomic E-state index is 0.194. The number of ether oxygens (including phenoxy) is 1. The van der Waals surface area contributed by atoms with Crippen molar-refractivity contribution in [1.29, 1.82) is 0 Å². The summed E-state index contributed by atoms with van der Waals surface area (Å²) in [5.41, 5.74) is 10.4. The van der Waals surface area contributed by atoms with Crippen LogP contribution in [0.3, 0.4) is 0 Å². The maximum Gasteiger partial charge on any atom is 0.276 e. The first-order chi connectivity index (χ1) is 13.6. The van der Waals surface area contributed by atoms with Gasteiger partial charge in [-0.1, -0.05) is 54.6 Å². The summed E-state index contributed by atoms with van der Waals surface area (Å²) in [6.07, 6.45) is 0. The Morgan fingerprint density at radius 3 is 2.25 bits per heavy atom. The van der Waals surface area contributed by atoms with Crippen molar-refractivity contribution in [2.75, 3.05) is 11.6 Å². The van der Waals surface area contributed by atoms with Crippen LogP contribution in [0.1, 0.15) is 15.9 Å². The van der Waals surface area contributed by atoms with Gasteiger partial charge in [-0.15, -0.1) is 0 Å². The fraction of sp³-hybridized carbons (Fsp3) is 0.0909. The number of rotatable bonds is 8.